The molecule has 4 nitrogen and oxygen atoms in total. The molecule has 0 bridgehead atoms. The van der Waals surface area contributed by atoms with Crippen LogP contribution in [0.4, 0.5) is 0 Å². The fourth-order valence-electron chi connectivity index (χ4n) is 1.86. The van der Waals surface area contributed by atoms with Crippen molar-refractivity contribution >= 4 is 0 Å². The van der Waals surface area contributed by atoms with E-state index < -0.39 is 0 Å². The van der Waals surface area contributed by atoms with E-state index in [1.54, 1.807) is 0 Å². The van der Waals surface area contributed by atoms with Crippen LogP contribution in [0.1, 0.15) is 12.6 Å². The highest BCUT2D eigenvalue weighted by Crippen LogP contribution is 2.08. The Morgan fingerprint density at radius 1 is 1.64 bits per heavy atom. The molecule has 4 heteroatoms. The van der Waals surface area contributed by atoms with Crippen molar-refractivity contribution < 1.29 is 0 Å². The monoisotopic (exact) mass is 194 g/mol. The summed E-state index contributed by atoms with van der Waals surface area (Å²) in [5.74, 6) is 0. The van der Waals surface area contributed by atoms with Gasteiger partial charge in [0.25, 0.3) is 0 Å². The summed E-state index contributed by atoms with van der Waals surface area (Å²) in [7, 11) is 2.05. The van der Waals surface area contributed by atoms with Crippen LogP contribution in [0.5, 0.6) is 0 Å². The summed E-state index contributed by atoms with van der Waals surface area (Å²) in [6.07, 6.45) is 3.82. The van der Waals surface area contributed by atoms with E-state index in [0.29, 0.717) is 6.04 Å². The molecule has 14 heavy (non-hydrogen) atoms. The fourth-order valence-corrected chi connectivity index (χ4v) is 1.86. The zero-order chi connectivity index (χ0) is 9.97. The third-order valence-corrected chi connectivity index (χ3v) is 2.92. The molecule has 0 amide bonds. The topological polar surface area (TPSA) is 33.1 Å². The molecule has 1 atom stereocenters. The Hall–Kier alpha value is -0.870. The second-order valence-corrected chi connectivity index (χ2v) is 4.02. The molecule has 1 aliphatic rings. The van der Waals surface area contributed by atoms with Gasteiger partial charge in [-0.1, -0.05) is 0 Å². The number of nitrogens with zero attached hydrogens (tertiary/aromatic N) is 3. The van der Waals surface area contributed by atoms with Gasteiger partial charge in [-0.15, -0.1) is 0 Å². The van der Waals surface area contributed by atoms with Crippen molar-refractivity contribution in [1.82, 2.24) is 19.8 Å². The van der Waals surface area contributed by atoms with Crippen LogP contribution in [0.15, 0.2) is 12.5 Å². The van der Waals surface area contributed by atoms with E-state index in [-0.39, 0.29) is 0 Å². The third kappa shape index (κ3) is 1.96. The van der Waals surface area contributed by atoms with E-state index in [4.69, 9.17) is 0 Å². The molecule has 2 heterocycles. The maximum Gasteiger partial charge on any atom is 0.0945 e. The first kappa shape index (κ1) is 9.68. The molecular formula is C10H18N4. The lowest BCUT2D eigenvalue weighted by Gasteiger charge is -2.33. The number of piperazine rings is 1. The Morgan fingerprint density at radius 2 is 2.50 bits per heavy atom. The van der Waals surface area contributed by atoms with Gasteiger partial charge in [0.05, 0.1) is 12.0 Å². The molecule has 78 valence electrons. The van der Waals surface area contributed by atoms with Crippen LogP contribution in [0.2, 0.25) is 0 Å². The van der Waals surface area contributed by atoms with Crippen molar-refractivity contribution in [2.45, 2.75) is 19.5 Å². The maximum absolute atomic E-state index is 4.13. The van der Waals surface area contributed by atoms with Gasteiger partial charge in [-0.05, 0) is 6.92 Å². The summed E-state index contributed by atoms with van der Waals surface area (Å²) in [5, 5.41) is 3.39. The molecule has 1 aliphatic heterocycles. The lowest BCUT2D eigenvalue weighted by molar-refractivity contribution is 0.162. The van der Waals surface area contributed by atoms with Crippen LogP contribution < -0.4 is 5.32 Å². The van der Waals surface area contributed by atoms with E-state index >= 15 is 0 Å². The molecular weight excluding hydrogens is 176 g/mol. The van der Waals surface area contributed by atoms with E-state index in [2.05, 4.69) is 33.7 Å². The van der Waals surface area contributed by atoms with Crippen molar-refractivity contribution in [1.29, 1.82) is 0 Å². The quantitative estimate of drug-likeness (QED) is 0.731. The van der Waals surface area contributed by atoms with Gasteiger partial charge in [0, 0.05) is 45.5 Å². The molecule has 0 radical (unpaired) electrons. The van der Waals surface area contributed by atoms with Crippen LogP contribution >= 0.6 is 0 Å². The molecule has 0 saturated carbocycles. The standard InChI is InChI=1S/C10H18N4/c1-9-5-11-3-4-14(9)7-10-6-12-8-13(10)2/h6,8-9,11H,3-5,7H2,1-2H3. The van der Waals surface area contributed by atoms with Gasteiger partial charge >= 0.3 is 0 Å². The average Bonchev–Trinajstić information content (AvgIpc) is 2.56. The van der Waals surface area contributed by atoms with E-state index in [1.807, 2.05) is 12.5 Å². The van der Waals surface area contributed by atoms with Crippen LogP contribution in [-0.2, 0) is 13.6 Å². The number of rotatable bonds is 2. The summed E-state index contributed by atoms with van der Waals surface area (Å²) in [4.78, 5) is 6.63. The zero-order valence-electron chi connectivity index (χ0n) is 8.90. The summed E-state index contributed by atoms with van der Waals surface area (Å²) >= 11 is 0. The minimum Gasteiger partial charge on any atom is -0.337 e. The van der Waals surface area contributed by atoms with Crippen molar-refractivity contribution in [3.63, 3.8) is 0 Å². The predicted molar refractivity (Wildman–Crippen MR) is 55.9 cm³/mol. The number of imidazole rings is 1. The molecule has 1 N–H and O–H groups in total. The molecule has 1 unspecified atom stereocenters. The number of hydrogen-bond donors (Lipinski definition) is 1. The second kappa shape index (κ2) is 4.11. The van der Waals surface area contributed by atoms with Crippen LogP contribution in [0.25, 0.3) is 0 Å². The van der Waals surface area contributed by atoms with Gasteiger partial charge in [-0.25, -0.2) is 4.98 Å². The van der Waals surface area contributed by atoms with E-state index in [0.717, 1.165) is 26.2 Å². The highest BCUT2D eigenvalue weighted by atomic mass is 15.2. The highest BCUT2D eigenvalue weighted by Gasteiger charge is 2.18. The first-order valence-corrected chi connectivity index (χ1v) is 5.17. The Balaban J connectivity index is 1.99. The van der Waals surface area contributed by atoms with E-state index in [1.165, 1.54) is 5.69 Å². The van der Waals surface area contributed by atoms with Crippen LogP contribution in [0, 0.1) is 0 Å². The Labute approximate surface area is 84.9 Å². The minimum absolute atomic E-state index is 0.624. The summed E-state index contributed by atoms with van der Waals surface area (Å²) in [5.41, 5.74) is 1.29. The fraction of sp³-hybridized carbons (Fsp3) is 0.700. The zero-order valence-corrected chi connectivity index (χ0v) is 8.90. The smallest absolute Gasteiger partial charge is 0.0945 e. The molecule has 2 rings (SSSR count). The normalized spacial score (nSPS) is 24.0. The molecule has 1 aromatic rings. The molecule has 1 saturated heterocycles. The molecule has 0 aromatic carbocycles. The molecule has 0 spiro atoms. The predicted octanol–water partition coefficient (Wildman–Crippen LogP) is 0.214. The molecule has 1 fully saturated rings. The van der Waals surface area contributed by atoms with Crippen LogP contribution in [-0.4, -0.2) is 40.1 Å². The Morgan fingerprint density at radius 3 is 3.14 bits per heavy atom. The van der Waals surface area contributed by atoms with Crippen molar-refractivity contribution in [3.05, 3.63) is 18.2 Å². The third-order valence-electron chi connectivity index (χ3n) is 2.92. The first-order valence-electron chi connectivity index (χ1n) is 5.17. The second-order valence-electron chi connectivity index (χ2n) is 4.02. The van der Waals surface area contributed by atoms with Gasteiger partial charge < -0.3 is 9.88 Å². The largest absolute Gasteiger partial charge is 0.337 e. The Bertz CT molecular complexity index is 294. The summed E-state index contributed by atoms with van der Waals surface area (Å²) < 4.78 is 2.09. The lowest BCUT2D eigenvalue weighted by atomic mass is 10.2. The summed E-state index contributed by atoms with van der Waals surface area (Å²) in [6, 6.07) is 0.624. The van der Waals surface area contributed by atoms with Gasteiger partial charge in [0.2, 0.25) is 0 Å². The van der Waals surface area contributed by atoms with E-state index in [9.17, 15) is 0 Å². The number of hydrogen-bond acceptors (Lipinski definition) is 3. The summed E-state index contributed by atoms with van der Waals surface area (Å²) in [6.45, 7) is 6.61. The molecule has 1 aromatic heterocycles. The van der Waals surface area contributed by atoms with Gasteiger partial charge in [0.15, 0.2) is 0 Å². The average molecular weight is 194 g/mol. The Kier molecular flexibility index (Phi) is 2.84. The van der Waals surface area contributed by atoms with Gasteiger partial charge in [0.1, 0.15) is 0 Å². The first-order chi connectivity index (χ1) is 6.77. The number of aryl methyl sites for hydroxylation is 1. The van der Waals surface area contributed by atoms with Crippen molar-refractivity contribution in [2.75, 3.05) is 19.6 Å². The lowest BCUT2D eigenvalue weighted by Crippen LogP contribution is -2.49. The number of nitrogens with one attached hydrogen (secondary N) is 1. The van der Waals surface area contributed by atoms with Gasteiger partial charge in [-0.3, -0.25) is 4.90 Å². The van der Waals surface area contributed by atoms with Crippen molar-refractivity contribution in [3.8, 4) is 0 Å². The molecule has 0 aliphatic carbocycles. The van der Waals surface area contributed by atoms with Crippen LogP contribution in [0.3, 0.4) is 0 Å². The van der Waals surface area contributed by atoms with Gasteiger partial charge in [-0.2, -0.15) is 0 Å². The minimum atomic E-state index is 0.624. The SMILES string of the molecule is CC1CNCCN1Cc1cncn1C. The highest BCUT2D eigenvalue weighted by molar-refractivity contribution is 4.98. The van der Waals surface area contributed by atoms with Crippen molar-refractivity contribution in [2.24, 2.45) is 7.05 Å². The maximum atomic E-state index is 4.13. The number of aromatic nitrogens is 2.